The number of nitrogens with two attached hydrogens (primary N) is 1. The standard InChI is InChI=1S/C14H20N4OS/c15-13(20)14(6-4-2-1-3-5-7-14)18-12(19)11-8-16-10-17-9-11/h8-10H,1-7H2,(H2,15,20)(H,18,19). The van der Waals surface area contributed by atoms with E-state index in [4.69, 9.17) is 18.0 Å². The first-order valence-corrected chi connectivity index (χ1v) is 7.42. The Balaban J connectivity index is 2.15. The Labute approximate surface area is 124 Å². The number of nitrogens with zero attached hydrogens (tertiary/aromatic N) is 2. The van der Waals surface area contributed by atoms with Gasteiger partial charge in [-0.3, -0.25) is 4.79 Å². The first-order chi connectivity index (χ1) is 9.64. The van der Waals surface area contributed by atoms with E-state index in [-0.39, 0.29) is 5.91 Å². The highest BCUT2D eigenvalue weighted by Crippen LogP contribution is 2.27. The van der Waals surface area contributed by atoms with Crippen LogP contribution in [0.15, 0.2) is 18.7 Å². The lowest BCUT2D eigenvalue weighted by Crippen LogP contribution is -2.57. The second kappa shape index (κ2) is 6.74. The molecule has 1 fully saturated rings. The van der Waals surface area contributed by atoms with E-state index in [1.165, 1.54) is 25.1 Å². The largest absolute Gasteiger partial charge is 0.391 e. The average molecular weight is 292 g/mol. The van der Waals surface area contributed by atoms with Crippen LogP contribution in [0.4, 0.5) is 0 Å². The molecule has 0 saturated heterocycles. The van der Waals surface area contributed by atoms with Gasteiger partial charge >= 0.3 is 0 Å². The van der Waals surface area contributed by atoms with Crippen molar-refractivity contribution in [2.24, 2.45) is 5.73 Å². The quantitative estimate of drug-likeness (QED) is 0.833. The van der Waals surface area contributed by atoms with Gasteiger partial charge in [-0.1, -0.05) is 44.3 Å². The molecule has 1 saturated carbocycles. The molecule has 5 nitrogen and oxygen atoms in total. The first-order valence-electron chi connectivity index (χ1n) is 7.01. The Morgan fingerprint density at radius 1 is 1.15 bits per heavy atom. The number of hydrogen-bond donors (Lipinski definition) is 2. The third kappa shape index (κ3) is 3.50. The molecule has 1 aliphatic carbocycles. The summed E-state index contributed by atoms with van der Waals surface area (Å²) in [5, 5.41) is 3.03. The summed E-state index contributed by atoms with van der Waals surface area (Å²) in [5.41, 5.74) is 5.80. The van der Waals surface area contributed by atoms with Gasteiger partial charge in [-0.2, -0.15) is 0 Å². The fraction of sp³-hybridized carbons (Fsp3) is 0.571. The number of carbonyl (C=O) groups excluding carboxylic acids is 1. The molecule has 1 heterocycles. The van der Waals surface area contributed by atoms with Crippen molar-refractivity contribution >= 4 is 23.1 Å². The summed E-state index contributed by atoms with van der Waals surface area (Å²) >= 11 is 5.23. The molecule has 0 atom stereocenters. The molecule has 0 spiro atoms. The molecule has 0 unspecified atom stereocenters. The topological polar surface area (TPSA) is 80.9 Å². The van der Waals surface area contributed by atoms with E-state index in [0.29, 0.717) is 10.6 Å². The number of rotatable bonds is 3. The number of carbonyl (C=O) groups is 1. The summed E-state index contributed by atoms with van der Waals surface area (Å²) in [6.07, 6.45) is 11.6. The van der Waals surface area contributed by atoms with Crippen LogP contribution in [0.5, 0.6) is 0 Å². The summed E-state index contributed by atoms with van der Waals surface area (Å²) in [5.74, 6) is -0.209. The van der Waals surface area contributed by atoms with Crippen LogP contribution in [0.1, 0.15) is 55.3 Å². The van der Waals surface area contributed by atoms with Crippen molar-refractivity contribution in [2.75, 3.05) is 0 Å². The smallest absolute Gasteiger partial charge is 0.255 e. The van der Waals surface area contributed by atoms with Gasteiger partial charge in [0, 0.05) is 12.4 Å². The van der Waals surface area contributed by atoms with Crippen molar-refractivity contribution in [3.8, 4) is 0 Å². The van der Waals surface area contributed by atoms with Crippen molar-refractivity contribution in [1.29, 1.82) is 0 Å². The molecular formula is C14H20N4OS. The minimum atomic E-state index is -0.567. The molecule has 0 radical (unpaired) electrons. The molecule has 3 N–H and O–H groups in total. The summed E-state index contributed by atoms with van der Waals surface area (Å²) in [6.45, 7) is 0. The van der Waals surface area contributed by atoms with Gasteiger partial charge in [0.2, 0.25) is 0 Å². The van der Waals surface area contributed by atoms with Gasteiger partial charge in [0.15, 0.2) is 0 Å². The summed E-state index contributed by atoms with van der Waals surface area (Å²) in [6, 6.07) is 0. The Kier molecular flexibility index (Phi) is 5.00. The van der Waals surface area contributed by atoms with Gasteiger partial charge < -0.3 is 11.1 Å². The fourth-order valence-corrected chi connectivity index (χ4v) is 2.90. The Bertz CT molecular complexity index is 469. The third-order valence-corrected chi connectivity index (χ3v) is 4.25. The van der Waals surface area contributed by atoms with Crippen LogP contribution in [0, 0.1) is 0 Å². The second-order valence-electron chi connectivity index (χ2n) is 5.30. The SMILES string of the molecule is NC(=S)C1(NC(=O)c2cncnc2)CCCCCCC1. The van der Waals surface area contributed by atoms with Crippen LogP contribution >= 0.6 is 12.2 Å². The molecule has 0 aliphatic heterocycles. The second-order valence-corrected chi connectivity index (χ2v) is 5.74. The molecule has 2 rings (SSSR count). The molecule has 1 aromatic heterocycles. The molecule has 20 heavy (non-hydrogen) atoms. The van der Waals surface area contributed by atoms with E-state index in [1.807, 2.05) is 0 Å². The van der Waals surface area contributed by atoms with Crippen molar-refractivity contribution in [2.45, 2.75) is 50.5 Å². The maximum absolute atomic E-state index is 12.3. The number of hydrogen-bond acceptors (Lipinski definition) is 4. The molecule has 1 aromatic rings. The highest BCUT2D eigenvalue weighted by Gasteiger charge is 2.35. The predicted octanol–water partition coefficient (Wildman–Crippen LogP) is 1.98. The van der Waals surface area contributed by atoms with Crippen molar-refractivity contribution < 1.29 is 4.79 Å². The van der Waals surface area contributed by atoms with Crippen LogP contribution in [-0.2, 0) is 0 Å². The molecule has 0 aromatic carbocycles. The van der Waals surface area contributed by atoms with Gasteiger partial charge in [-0.05, 0) is 12.8 Å². The van der Waals surface area contributed by atoms with Crippen molar-refractivity contribution in [3.63, 3.8) is 0 Å². The van der Waals surface area contributed by atoms with E-state index < -0.39 is 5.54 Å². The van der Waals surface area contributed by atoms with E-state index in [2.05, 4.69) is 15.3 Å². The molecule has 0 bridgehead atoms. The highest BCUT2D eigenvalue weighted by atomic mass is 32.1. The maximum atomic E-state index is 12.3. The third-order valence-electron chi connectivity index (χ3n) is 3.85. The lowest BCUT2D eigenvalue weighted by molar-refractivity contribution is 0.0912. The minimum absolute atomic E-state index is 0.209. The van der Waals surface area contributed by atoms with Crippen LogP contribution in [-0.4, -0.2) is 26.4 Å². The number of nitrogens with one attached hydrogen (secondary N) is 1. The van der Waals surface area contributed by atoms with Crippen LogP contribution in [0.3, 0.4) is 0 Å². The molecule has 108 valence electrons. The van der Waals surface area contributed by atoms with Gasteiger partial charge in [-0.15, -0.1) is 0 Å². The monoisotopic (exact) mass is 292 g/mol. The summed E-state index contributed by atoms with van der Waals surface area (Å²) in [4.78, 5) is 20.4. The normalized spacial score (nSPS) is 18.6. The van der Waals surface area contributed by atoms with E-state index in [9.17, 15) is 4.79 Å². The Morgan fingerprint density at radius 3 is 2.25 bits per heavy atom. The number of thiocarbonyl (C=S) groups is 1. The number of aromatic nitrogens is 2. The molecule has 1 amide bonds. The fourth-order valence-electron chi connectivity index (χ4n) is 2.65. The summed E-state index contributed by atoms with van der Waals surface area (Å²) in [7, 11) is 0. The van der Waals surface area contributed by atoms with E-state index >= 15 is 0 Å². The van der Waals surface area contributed by atoms with E-state index in [1.54, 1.807) is 0 Å². The summed E-state index contributed by atoms with van der Waals surface area (Å²) < 4.78 is 0. The van der Waals surface area contributed by atoms with E-state index in [0.717, 1.165) is 38.5 Å². The van der Waals surface area contributed by atoms with Gasteiger partial charge in [0.05, 0.1) is 16.1 Å². The zero-order valence-corrected chi connectivity index (χ0v) is 12.3. The zero-order valence-electron chi connectivity index (χ0n) is 11.5. The van der Waals surface area contributed by atoms with Gasteiger partial charge in [0.25, 0.3) is 5.91 Å². The number of amides is 1. The highest BCUT2D eigenvalue weighted by molar-refractivity contribution is 7.80. The maximum Gasteiger partial charge on any atom is 0.255 e. The lowest BCUT2D eigenvalue weighted by Gasteiger charge is -2.35. The lowest BCUT2D eigenvalue weighted by atomic mass is 9.83. The van der Waals surface area contributed by atoms with Crippen LogP contribution < -0.4 is 11.1 Å². The van der Waals surface area contributed by atoms with Crippen molar-refractivity contribution in [3.05, 3.63) is 24.3 Å². The molecule has 6 heteroatoms. The first kappa shape index (κ1) is 14.8. The molecule has 1 aliphatic rings. The van der Waals surface area contributed by atoms with Crippen LogP contribution in [0.2, 0.25) is 0 Å². The zero-order chi connectivity index (χ0) is 14.4. The molecular weight excluding hydrogens is 272 g/mol. The Morgan fingerprint density at radius 2 is 1.70 bits per heavy atom. The average Bonchev–Trinajstić information content (AvgIpc) is 2.42. The Hall–Kier alpha value is -1.56. The van der Waals surface area contributed by atoms with Crippen LogP contribution in [0.25, 0.3) is 0 Å². The minimum Gasteiger partial charge on any atom is -0.391 e. The van der Waals surface area contributed by atoms with Gasteiger partial charge in [0.1, 0.15) is 6.33 Å². The van der Waals surface area contributed by atoms with Gasteiger partial charge in [-0.25, -0.2) is 9.97 Å². The predicted molar refractivity (Wildman–Crippen MR) is 81.3 cm³/mol. The van der Waals surface area contributed by atoms with Crippen molar-refractivity contribution in [1.82, 2.24) is 15.3 Å².